The lowest BCUT2D eigenvalue weighted by molar-refractivity contribution is -0.124. The van der Waals surface area contributed by atoms with E-state index in [0.717, 1.165) is 21.8 Å². The van der Waals surface area contributed by atoms with Crippen molar-refractivity contribution in [2.24, 2.45) is 5.92 Å². The van der Waals surface area contributed by atoms with E-state index in [0.29, 0.717) is 29.2 Å². The molecule has 1 N–H and O–H groups in total. The molecule has 1 amide bonds. The summed E-state index contributed by atoms with van der Waals surface area (Å²) in [4.78, 5) is 29.9. The highest BCUT2D eigenvalue weighted by atomic mass is 35.5. The van der Waals surface area contributed by atoms with Gasteiger partial charge in [-0.05, 0) is 44.0 Å². The summed E-state index contributed by atoms with van der Waals surface area (Å²) in [7, 11) is 1.57. The molecule has 34 heavy (non-hydrogen) atoms. The Labute approximate surface area is 208 Å². The Bertz CT molecular complexity index is 1200. The summed E-state index contributed by atoms with van der Waals surface area (Å²) < 4.78 is 5.63. The van der Waals surface area contributed by atoms with Crippen molar-refractivity contribution in [1.82, 2.24) is 10.3 Å². The number of carbonyl (C=O) groups excluding carboxylic acids is 2. The van der Waals surface area contributed by atoms with Crippen molar-refractivity contribution in [3.63, 3.8) is 0 Å². The van der Waals surface area contributed by atoms with E-state index in [-0.39, 0.29) is 24.2 Å². The van der Waals surface area contributed by atoms with Crippen molar-refractivity contribution in [1.29, 1.82) is 5.26 Å². The fraction of sp³-hybridized carbons (Fsp3) is 0.308. The molecule has 176 valence electrons. The predicted molar refractivity (Wildman–Crippen MR) is 134 cm³/mol. The zero-order valence-electron chi connectivity index (χ0n) is 19.3. The van der Waals surface area contributed by atoms with Crippen LogP contribution in [0.2, 0.25) is 5.02 Å². The van der Waals surface area contributed by atoms with Gasteiger partial charge in [0.05, 0.1) is 29.3 Å². The molecule has 2 aromatic carbocycles. The Morgan fingerprint density at radius 2 is 1.94 bits per heavy atom. The molecule has 1 unspecified atom stereocenters. The molecular formula is C26H26ClN3O3S. The lowest BCUT2D eigenvalue weighted by Crippen LogP contribution is -2.30. The van der Waals surface area contributed by atoms with Gasteiger partial charge in [-0.1, -0.05) is 35.9 Å². The van der Waals surface area contributed by atoms with Gasteiger partial charge in [-0.3, -0.25) is 9.59 Å². The van der Waals surface area contributed by atoms with Crippen LogP contribution in [0.15, 0.2) is 47.8 Å². The van der Waals surface area contributed by atoms with E-state index < -0.39 is 5.92 Å². The molecule has 1 heterocycles. The SMILES string of the molecule is CNC(=O)C(CC(=O)c1ccc(OC(C)C)c(Cl)c1)Cc1ccc(-c2csc(CC#N)n2)cc1. The standard InChI is InChI=1S/C26H26ClN3O3S/c1-16(2)33-24-9-8-19(13-21(24)27)23(31)14-20(26(32)29-3)12-17-4-6-18(7-5-17)22-15-34-25(30-22)10-11-28/h4-9,13,15-16,20H,10,12,14H2,1-3H3,(H,29,32). The normalized spacial score (nSPS) is 11.6. The zero-order chi connectivity index (χ0) is 24.7. The molecule has 0 saturated heterocycles. The van der Waals surface area contributed by atoms with Crippen molar-refractivity contribution in [3.05, 3.63) is 69.0 Å². The van der Waals surface area contributed by atoms with E-state index in [1.807, 2.05) is 43.5 Å². The maximum atomic E-state index is 12.9. The lowest BCUT2D eigenvalue weighted by atomic mass is 9.91. The first-order valence-electron chi connectivity index (χ1n) is 10.9. The highest BCUT2D eigenvalue weighted by molar-refractivity contribution is 7.10. The highest BCUT2D eigenvalue weighted by Crippen LogP contribution is 2.28. The fourth-order valence-electron chi connectivity index (χ4n) is 3.52. The molecule has 1 aromatic heterocycles. The Kier molecular flexibility index (Phi) is 8.80. The summed E-state index contributed by atoms with van der Waals surface area (Å²) in [6, 6.07) is 14.8. The highest BCUT2D eigenvalue weighted by Gasteiger charge is 2.23. The second kappa shape index (κ2) is 11.8. The summed E-state index contributed by atoms with van der Waals surface area (Å²) in [6.07, 6.45) is 0.748. The summed E-state index contributed by atoms with van der Waals surface area (Å²) in [6.45, 7) is 3.80. The minimum absolute atomic E-state index is 0.0295. The fourth-order valence-corrected chi connectivity index (χ4v) is 4.48. The number of nitrogens with one attached hydrogen (secondary N) is 1. The second-order valence-corrected chi connectivity index (χ2v) is 9.46. The molecule has 0 saturated carbocycles. The molecule has 6 nitrogen and oxygen atoms in total. The van der Waals surface area contributed by atoms with Crippen molar-refractivity contribution < 1.29 is 14.3 Å². The van der Waals surface area contributed by atoms with Crippen LogP contribution < -0.4 is 10.1 Å². The van der Waals surface area contributed by atoms with E-state index in [2.05, 4.69) is 16.4 Å². The van der Waals surface area contributed by atoms with Crippen LogP contribution in [-0.2, 0) is 17.6 Å². The number of ketones is 1. The number of benzene rings is 2. The Hall–Kier alpha value is -3.21. The Morgan fingerprint density at radius 3 is 2.56 bits per heavy atom. The topological polar surface area (TPSA) is 92.1 Å². The lowest BCUT2D eigenvalue weighted by Gasteiger charge is -2.16. The molecule has 0 spiro atoms. The molecule has 0 radical (unpaired) electrons. The molecule has 0 aliphatic carbocycles. The summed E-state index contributed by atoms with van der Waals surface area (Å²) in [5, 5.41) is 14.6. The van der Waals surface area contributed by atoms with Gasteiger partial charge < -0.3 is 10.1 Å². The smallest absolute Gasteiger partial charge is 0.223 e. The summed E-state index contributed by atoms with van der Waals surface area (Å²) >= 11 is 7.74. The molecular weight excluding hydrogens is 470 g/mol. The number of hydrogen-bond donors (Lipinski definition) is 1. The third kappa shape index (κ3) is 6.66. The van der Waals surface area contributed by atoms with E-state index in [4.69, 9.17) is 21.6 Å². The van der Waals surface area contributed by atoms with Crippen LogP contribution >= 0.6 is 22.9 Å². The number of amides is 1. The average Bonchev–Trinajstić information content (AvgIpc) is 3.28. The Morgan fingerprint density at radius 1 is 1.21 bits per heavy atom. The van der Waals surface area contributed by atoms with Gasteiger partial charge in [0.25, 0.3) is 0 Å². The van der Waals surface area contributed by atoms with Gasteiger partial charge in [0.2, 0.25) is 5.91 Å². The van der Waals surface area contributed by atoms with Gasteiger partial charge >= 0.3 is 0 Å². The minimum Gasteiger partial charge on any atom is -0.489 e. The van der Waals surface area contributed by atoms with Gasteiger partial charge in [-0.2, -0.15) is 5.26 Å². The maximum Gasteiger partial charge on any atom is 0.223 e. The summed E-state index contributed by atoms with van der Waals surface area (Å²) in [5.41, 5.74) is 3.15. The van der Waals surface area contributed by atoms with Gasteiger partial charge in [0.1, 0.15) is 10.8 Å². The molecule has 0 fully saturated rings. The first-order chi connectivity index (χ1) is 16.3. The van der Waals surface area contributed by atoms with Gasteiger partial charge in [0, 0.05) is 35.9 Å². The number of Topliss-reactive ketones (excluding diaryl/α,β-unsaturated/α-hetero) is 1. The molecule has 3 aromatic rings. The molecule has 0 bridgehead atoms. The van der Waals surface area contributed by atoms with E-state index in [1.54, 1.807) is 25.2 Å². The number of thiazole rings is 1. The largest absolute Gasteiger partial charge is 0.489 e. The molecule has 8 heteroatoms. The number of aromatic nitrogens is 1. The number of rotatable bonds is 10. The molecule has 0 aliphatic rings. The van der Waals surface area contributed by atoms with Crippen LogP contribution in [0.3, 0.4) is 0 Å². The van der Waals surface area contributed by atoms with Crippen LogP contribution in [0.25, 0.3) is 11.3 Å². The van der Waals surface area contributed by atoms with E-state index in [9.17, 15) is 9.59 Å². The Balaban J connectivity index is 1.71. The first-order valence-corrected chi connectivity index (χ1v) is 12.2. The van der Waals surface area contributed by atoms with Crippen LogP contribution in [0.5, 0.6) is 5.75 Å². The van der Waals surface area contributed by atoms with Crippen LogP contribution in [0, 0.1) is 17.2 Å². The zero-order valence-corrected chi connectivity index (χ0v) is 20.9. The quantitative estimate of drug-likeness (QED) is 0.375. The van der Waals surface area contributed by atoms with Gasteiger partial charge in [-0.15, -0.1) is 11.3 Å². The summed E-state index contributed by atoms with van der Waals surface area (Å²) in [5.74, 6) is -0.342. The number of nitrogens with zero attached hydrogens (tertiary/aromatic N) is 2. The minimum atomic E-state index is -0.518. The number of carbonyl (C=O) groups is 2. The third-order valence-corrected chi connectivity index (χ3v) is 6.32. The maximum absolute atomic E-state index is 12.9. The van der Waals surface area contributed by atoms with Gasteiger partial charge in [0.15, 0.2) is 5.78 Å². The average molecular weight is 496 g/mol. The van der Waals surface area contributed by atoms with Crippen molar-refractivity contribution in [2.75, 3.05) is 7.05 Å². The molecule has 3 rings (SSSR count). The van der Waals surface area contributed by atoms with Gasteiger partial charge in [-0.25, -0.2) is 4.98 Å². The number of hydrogen-bond acceptors (Lipinski definition) is 6. The predicted octanol–water partition coefficient (Wildman–Crippen LogP) is 5.49. The van der Waals surface area contributed by atoms with Crippen LogP contribution in [-0.4, -0.2) is 29.8 Å². The third-order valence-electron chi connectivity index (χ3n) is 5.18. The molecule has 1 atom stereocenters. The van der Waals surface area contributed by atoms with Crippen molar-refractivity contribution in [3.8, 4) is 23.1 Å². The monoisotopic (exact) mass is 495 g/mol. The van der Waals surface area contributed by atoms with Crippen molar-refractivity contribution >= 4 is 34.6 Å². The van der Waals surface area contributed by atoms with E-state index in [1.165, 1.54) is 11.3 Å². The molecule has 0 aliphatic heterocycles. The van der Waals surface area contributed by atoms with Crippen molar-refractivity contribution in [2.45, 2.75) is 39.2 Å². The number of ether oxygens (including phenoxy) is 1. The first kappa shape index (κ1) is 25.4. The van der Waals surface area contributed by atoms with E-state index >= 15 is 0 Å². The van der Waals surface area contributed by atoms with Crippen LogP contribution in [0.4, 0.5) is 0 Å². The number of nitriles is 1. The van der Waals surface area contributed by atoms with Crippen LogP contribution in [0.1, 0.15) is 41.2 Å². The second-order valence-electron chi connectivity index (χ2n) is 8.11. The number of halogens is 1.